The summed E-state index contributed by atoms with van der Waals surface area (Å²) in [5, 5.41) is 0. The second-order valence-electron chi connectivity index (χ2n) is 5.27. The number of halogens is 1. The highest BCUT2D eigenvalue weighted by molar-refractivity contribution is 9.10. The third-order valence-corrected chi connectivity index (χ3v) is 4.04. The Morgan fingerprint density at radius 1 is 1.32 bits per heavy atom. The zero-order valence-corrected chi connectivity index (χ0v) is 12.6. The molecule has 0 N–H and O–H groups in total. The first-order valence-corrected chi connectivity index (χ1v) is 7.46. The van der Waals surface area contributed by atoms with Gasteiger partial charge in [-0.05, 0) is 35.2 Å². The zero-order chi connectivity index (χ0) is 13.4. The third kappa shape index (κ3) is 2.88. The van der Waals surface area contributed by atoms with Gasteiger partial charge < -0.3 is 9.80 Å². The van der Waals surface area contributed by atoms with Crippen LogP contribution in [0.2, 0.25) is 0 Å². The molecule has 1 saturated heterocycles. The Hall–Kier alpha value is -1.17. The first kappa shape index (κ1) is 12.8. The van der Waals surface area contributed by atoms with Crippen molar-refractivity contribution in [3.8, 4) is 0 Å². The zero-order valence-electron chi connectivity index (χ0n) is 11.0. The molecule has 0 aromatic carbocycles. The monoisotopic (exact) mass is 324 g/mol. The summed E-state index contributed by atoms with van der Waals surface area (Å²) in [5.74, 6) is 2.45. The number of nitrogens with zero attached hydrogens (tertiary/aromatic N) is 4. The summed E-state index contributed by atoms with van der Waals surface area (Å²) in [6.45, 7) is 2.09. The fourth-order valence-corrected chi connectivity index (χ4v) is 2.68. The van der Waals surface area contributed by atoms with Gasteiger partial charge in [-0.25, -0.2) is 9.97 Å². The van der Waals surface area contributed by atoms with Gasteiger partial charge in [0.05, 0.1) is 6.54 Å². The van der Waals surface area contributed by atoms with E-state index in [1.54, 1.807) is 4.90 Å². The summed E-state index contributed by atoms with van der Waals surface area (Å²) in [6, 6.07) is 1.91. The smallest absolute Gasteiger partial charge is 0.241 e. The van der Waals surface area contributed by atoms with E-state index in [9.17, 15) is 4.79 Å². The molecule has 0 bridgehead atoms. The lowest BCUT2D eigenvalue weighted by molar-refractivity contribution is -0.127. The number of amides is 1. The number of rotatable bonds is 2. The summed E-state index contributed by atoms with van der Waals surface area (Å²) in [6.07, 6.45) is 3.33. The van der Waals surface area contributed by atoms with Crippen LogP contribution in [0.4, 0.5) is 5.82 Å². The maximum Gasteiger partial charge on any atom is 0.241 e. The molecular formula is C13H17BrN4O. The second kappa shape index (κ2) is 5.07. The highest BCUT2D eigenvalue weighted by Crippen LogP contribution is 2.39. The van der Waals surface area contributed by atoms with Gasteiger partial charge in [-0.3, -0.25) is 4.79 Å². The van der Waals surface area contributed by atoms with Crippen LogP contribution in [0.5, 0.6) is 0 Å². The van der Waals surface area contributed by atoms with Gasteiger partial charge in [0.25, 0.3) is 0 Å². The molecule has 1 aliphatic carbocycles. The van der Waals surface area contributed by atoms with Crippen LogP contribution >= 0.6 is 15.9 Å². The lowest BCUT2D eigenvalue weighted by Crippen LogP contribution is -2.34. The van der Waals surface area contributed by atoms with Crippen molar-refractivity contribution >= 4 is 27.7 Å². The second-order valence-corrected chi connectivity index (χ2v) is 6.08. The van der Waals surface area contributed by atoms with E-state index in [1.807, 2.05) is 13.1 Å². The van der Waals surface area contributed by atoms with Crippen molar-refractivity contribution in [2.45, 2.75) is 25.2 Å². The van der Waals surface area contributed by atoms with Gasteiger partial charge in [0.2, 0.25) is 5.91 Å². The highest BCUT2D eigenvalue weighted by atomic mass is 79.9. The number of hydrogen-bond acceptors (Lipinski definition) is 4. The van der Waals surface area contributed by atoms with Crippen molar-refractivity contribution in [3.05, 3.63) is 16.5 Å². The van der Waals surface area contributed by atoms with Crippen LogP contribution in [0.25, 0.3) is 0 Å². The molecule has 0 radical (unpaired) electrons. The number of anilines is 1. The SMILES string of the molecule is CN1CCCN(c2cc(Br)nc(C3CC3)n2)CC1=O. The number of carbonyl (C=O) groups is 1. The minimum Gasteiger partial charge on any atom is -0.347 e. The number of likely N-dealkylation sites (N-methyl/N-ethyl adjacent to an activating group) is 1. The Kier molecular flexibility index (Phi) is 3.43. The molecule has 19 heavy (non-hydrogen) atoms. The summed E-state index contributed by atoms with van der Waals surface area (Å²) in [5.41, 5.74) is 0. The van der Waals surface area contributed by atoms with E-state index in [4.69, 9.17) is 0 Å². The Morgan fingerprint density at radius 3 is 2.84 bits per heavy atom. The molecule has 0 atom stereocenters. The molecule has 1 amide bonds. The summed E-state index contributed by atoms with van der Waals surface area (Å²) in [4.78, 5) is 24.9. The van der Waals surface area contributed by atoms with E-state index in [2.05, 4.69) is 30.8 Å². The molecule has 5 nitrogen and oxygen atoms in total. The van der Waals surface area contributed by atoms with Crippen LogP contribution in [-0.4, -0.2) is 47.5 Å². The molecule has 2 fully saturated rings. The van der Waals surface area contributed by atoms with Gasteiger partial charge in [-0.1, -0.05) is 0 Å². The van der Waals surface area contributed by atoms with Gasteiger partial charge in [0.15, 0.2) is 0 Å². The van der Waals surface area contributed by atoms with E-state index in [0.29, 0.717) is 12.5 Å². The molecule has 0 spiro atoms. The Morgan fingerprint density at radius 2 is 2.11 bits per heavy atom. The van der Waals surface area contributed by atoms with Crippen LogP contribution in [0, 0.1) is 0 Å². The van der Waals surface area contributed by atoms with E-state index in [0.717, 1.165) is 35.8 Å². The lowest BCUT2D eigenvalue weighted by atomic mass is 10.3. The van der Waals surface area contributed by atoms with Gasteiger partial charge in [-0.15, -0.1) is 0 Å². The quantitative estimate of drug-likeness (QED) is 0.778. The fourth-order valence-electron chi connectivity index (χ4n) is 2.29. The highest BCUT2D eigenvalue weighted by Gasteiger charge is 2.28. The molecule has 1 aliphatic heterocycles. The topological polar surface area (TPSA) is 49.3 Å². The van der Waals surface area contributed by atoms with Gasteiger partial charge in [0.1, 0.15) is 16.2 Å². The number of aromatic nitrogens is 2. The van der Waals surface area contributed by atoms with Crippen molar-refractivity contribution in [2.24, 2.45) is 0 Å². The van der Waals surface area contributed by atoms with E-state index in [1.165, 1.54) is 12.8 Å². The van der Waals surface area contributed by atoms with E-state index in [-0.39, 0.29) is 5.91 Å². The van der Waals surface area contributed by atoms with Gasteiger partial charge in [-0.2, -0.15) is 0 Å². The predicted molar refractivity (Wildman–Crippen MR) is 76.2 cm³/mol. The largest absolute Gasteiger partial charge is 0.347 e. The van der Waals surface area contributed by atoms with Crippen molar-refractivity contribution in [1.29, 1.82) is 0 Å². The molecule has 2 heterocycles. The fraction of sp³-hybridized carbons (Fsp3) is 0.615. The Bertz CT molecular complexity index is 503. The summed E-state index contributed by atoms with van der Waals surface area (Å²) >= 11 is 3.45. The van der Waals surface area contributed by atoms with Crippen LogP contribution < -0.4 is 4.90 Å². The minimum atomic E-state index is 0.153. The molecular weight excluding hydrogens is 308 g/mol. The van der Waals surface area contributed by atoms with Crippen molar-refractivity contribution in [2.75, 3.05) is 31.6 Å². The molecule has 0 unspecified atom stereocenters. The van der Waals surface area contributed by atoms with Crippen molar-refractivity contribution in [1.82, 2.24) is 14.9 Å². The van der Waals surface area contributed by atoms with E-state index >= 15 is 0 Å². The van der Waals surface area contributed by atoms with Crippen molar-refractivity contribution < 1.29 is 4.79 Å². The first-order valence-electron chi connectivity index (χ1n) is 6.67. The molecule has 2 aliphatic rings. The summed E-state index contributed by atoms with van der Waals surface area (Å²) < 4.78 is 0.810. The molecule has 1 saturated carbocycles. The van der Waals surface area contributed by atoms with Crippen LogP contribution in [0.15, 0.2) is 10.7 Å². The maximum absolute atomic E-state index is 11.9. The third-order valence-electron chi connectivity index (χ3n) is 3.64. The Balaban J connectivity index is 1.86. The molecule has 3 rings (SSSR count). The predicted octanol–water partition coefficient (Wildman–Crippen LogP) is 1.78. The first-order chi connectivity index (χ1) is 9.13. The van der Waals surface area contributed by atoms with Crippen LogP contribution in [0.1, 0.15) is 31.0 Å². The molecule has 1 aromatic heterocycles. The molecule has 6 heteroatoms. The van der Waals surface area contributed by atoms with Gasteiger partial charge >= 0.3 is 0 Å². The maximum atomic E-state index is 11.9. The Labute approximate surface area is 121 Å². The standard InChI is InChI=1S/C13H17BrN4O/c1-17-5-2-6-18(8-12(17)19)11-7-10(14)15-13(16-11)9-3-4-9/h7,9H,2-6,8H2,1H3. The average Bonchev–Trinajstić information content (AvgIpc) is 3.19. The number of carbonyl (C=O) groups excluding carboxylic acids is 1. The van der Waals surface area contributed by atoms with Crippen LogP contribution in [0.3, 0.4) is 0 Å². The average molecular weight is 325 g/mol. The van der Waals surface area contributed by atoms with E-state index < -0.39 is 0 Å². The molecule has 1 aromatic rings. The number of hydrogen-bond donors (Lipinski definition) is 0. The summed E-state index contributed by atoms with van der Waals surface area (Å²) in [7, 11) is 1.86. The lowest BCUT2D eigenvalue weighted by Gasteiger charge is -2.21. The normalized spacial score (nSPS) is 20.6. The minimum absolute atomic E-state index is 0.153. The van der Waals surface area contributed by atoms with Crippen molar-refractivity contribution in [3.63, 3.8) is 0 Å². The molecule has 102 valence electrons. The van der Waals surface area contributed by atoms with Gasteiger partial charge in [0, 0.05) is 32.1 Å². The van der Waals surface area contributed by atoms with Crippen LogP contribution in [-0.2, 0) is 4.79 Å².